The number of para-hydroxylation sites is 1. The molecule has 36 heavy (non-hydrogen) atoms. The summed E-state index contributed by atoms with van der Waals surface area (Å²) in [6.45, 7) is 8.45. The molecule has 0 saturated carbocycles. The van der Waals surface area contributed by atoms with Gasteiger partial charge in [-0.15, -0.1) is 6.42 Å². The van der Waals surface area contributed by atoms with Crippen molar-refractivity contribution in [2.45, 2.75) is 39.8 Å². The van der Waals surface area contributed by atoms with Gasteiger partial charge in [-0.3, -0.25) is 5.10 Å². The quantitative estimate of drug-likeness (QED) is 0.272. The molecule has 6 rings (SSSR count). The largest absolute Gasteiger partial charge is 0.507 e. The third kappa shape index (κ3) is 2.82. The molecule has 3 heterocycles. The smallest absolute Gasteiger partial charge is 0.186 e. The highest BCUT2D eigenvalue weighted by Crippen LogP contribution is 2.42. The number of phenolic OH excluding ortho intramolecular Hbond substituents is 1. The zero-order valence-electron chi connectivity index (χ0n) is 20.6. The van der Waals surface area contributed by atoms with Crippen LogP contribution in [0.1, 0.15) is 51.0 Å². The maximum Gasteiger partial charge on any atom is 0.186 e. The Kier molecular flexibility index (Phi) is 4.65. The molecule has 0 atom stereocenters. The summed E-state index contributed by atoms with van der Waals surface area (Å²) in [7, 11) is 0. The SMILES string of the molecule is C#Cc1cccc2c3c(O)cc(-c4ccc5c6[nH]nc(C#N)c6n(C(C)C)c5c4)cc3n(C(C)C)c12. The Labute approximate surface area is 208 Å². The maximum atomic E-state index is 11.3. The van der Waals surface area contributed by atoms with Gasteiger partial charge >= 0.3 is 0 Å². The normalized spacial score (nSPS) is 11.9. The number of rotatable bonds is 3. The first-order valence-electron chi connectivity index (χ1n) is 12.0. The van der Waals surface area contributed by atoms with E-state index in [1.165, 1.54) is 0 Å². The number of terminal acetylenes is 1. The Balaban J connectivity index is 1.67. The first kappa shape index (κ1) is 21.8. The minimum absolute atomic E-state index is 0.131. The predicted octanol–water partition coefficient (Wildman–Crippen LogP) is 7.01. The van der Waals surface area contributed by atoms with Gasteiger partial charge in [-0.05, 0) is 63.1 Å². The van der Waals surface area contributed by atoms with E-state index in [-0.39, 0.29) is 17.8 Å². The van der Waals surface area contributed by atoms with E-state index >= 15 is 0 Å². The van der Waals surface area contributed by atoms with Crippen LogP contribution < -0.4 is 0 Å². The van der Waals surface area contributed by atoms with Crippen LogP contribution in [0.25, 0.3) is 54.9 Å². The molecular weight excluding hydrogens is 446 g/mol. The van der Waals surface area contributed by atoms with Crippen molar-refractivity contribution in [1.29, 1.82) is 5.26 Å². The fourth-order valence-electron chi connectivity index (χ4n) is 5.64. The second-order valence-electron chi connectivity index (χ2n) is 9.80. The number of aromatic amines is 1. The number of nitrogens with zero attached hydrogens (tertiary/aromatic N) is 4. The van der Waals surface area contributed by atoms with E-state index in [9.17, 15) is 10.4 Å². The van der Waals surface area contributed by atoms with Crippen molar-refractivity contribution in [1.82, 2.24) is 19.3 Å². The van der Waals surface area contributed by atoms with Crippen LogP contribution in [-0.4, -0.2) is 24.4 Å². The van der Waals surface area contributed by atoms with Gasteiger partial charge < -0.3 is 14.2 Å². The molecule has 6 heteroatoms. The third-order valence-corrected chi connectivity index (χ3v) is 7.04. The fourth-order valence-corrected chi connectivity index (χ4v) is 5.64. The van der Waals surface area contributed by atoms with Crippen LogP contribution in [0, 0.1) is 23.7 Å². The molecule has 2 N–H and O–H groups in total. The van der Waals surface area contributed by atoms with E-state index in [0.29, 0.717) is 5.69 Å². The van der Waals surface area contributed by atoms with Crippen LogP contribution in [0.3, 0.4) is 0 Å². The zero-order chi connectivity index (χ0) is 25.3. The molecular formula is C30H25N5O. The van der Waals surface area contributed by atoms with Crippen molar-refractivity contribution in [2.75, 3.05) is 0 Å². The lowest BCUT2D eigenvalue weighted by molar-refractivity contribution is 0.482. The van der Waals surface area contributed by atoms with Crippen molar-refractivity contribution in [3.05, 3.63) is 59.8 Å². The molecule has 0 radical (unpaired) electrons. The number of aromatic hydroxyl groups is 1. The lowest BCUT2D eigenvalue weighted by Gasteiger charge is -2.14. The molecule has 0 aliphatic rings. The lowest BCUT2D eigenvalue weighted by Crippen LogP contribution is -2.01. The Hall–Kier alpha value is -4.68. The Morgan fingerprint density at radius 2 is 1.64 bits per heavy atom. The number of H-pyrrole nitrogens is 1. The molecule has 0 amide bonds. The number of nitriles is 1. The van der Waals surface area contributed by atoms with E-state index in [2.05, 4.69) is 83.3 Å². The van der Waals surface area contributed by atoms with Gasteiger partial charge in [0.05, 0.1) is 22.1 Å². The van der Waals surface area contributed by atoms with E-state index < -0.39 is 0 Å². The second kappa shape index (κ2) is 7.66. The van der Waals surface area contributed by atoms with E-state index in [1.54, 1.807) is 0 Å². The van der Waals surface area contributed by atoms with E-state index in [0.717, 1.165) is 60.4 Å². The van der Waals surface area contributed by atoms with Gasteiger partial charge in [-0.2, -0.15) is 10.4 Å². The maximum absolute atomic E-state index is 11.3. The topological polar surface area (TPSA) is 82.6 Å². The third-order valence-electron chi connectivity index (χ3n) is 7.04. The zero-order valence-corrected chi connectivity index (χ0v) is 20.6. The molecule has 0 aliphatic heterocycles. The molecule has 6 nitrogen and oxygen atoms in total. The summed E-state index contributed by atoms with van der Waals surface area (Å²) in [5, 5.41) is 30.9. The second-order valence-corrected chi connectivity index (χ2v) is 9.80. The highest BCUT2D eigenvalue weighted by molar-refractivity contribution is 6.14. The van der Waals surface area contributed by atoms with Crippen molar-refractivity contribution < 1.29 is 5.11 Å². The minimum atomic E-state index is 0.131. The molecule has 0 spiro atoms. The van der Waals surface area contributed by atoms with Crippen LogP contribution in [0.2, 0.25) is 0 Å². The van der Waals surface area contributed by atoms with Gasteiger partial charge in [0, 0.05) is 33.8 Å². The molecule has 176 valence electrons. The molecule has 0 unspecified atom stereocenters. The molecule has 0 saturated heterocycles. The number of aromatic nitrogens is 4. The highest BCUT2D eigenvalue weighted by atomic mass is 16.3. The van der Waals surface area contributed by atoms with Gasteiger partial charge in [0.2, 0.25) is 0 Å². The number of fused-ring (bicyclic) bond motifs is 6. The number of hydrogen-bond donors (Lipinski definition) is 2. The van der Waals surface area contributed by atoms with Crippen molar-refractivity contribution in [3.63, 3.8) is 0 Å². The van der Waals surface area contributed by atoms with Crippen LogP contribution in [0.15, 0.2) is 48.5 Å². The molecule has 6 aromatic rings. The number of nitrogens with one attached hydrogen (secondary N) is 1. The van der Waals surface area contributed by atoms with Crippen LogP contribution in [-0.2, 0) is 0 Å². The molecule has 0 fully saturated rings. The Bertz CT molecular complexity index is 1930. The molecule has 0 aliphatic carbocycles. The van der Waals surface area contributed by atoms with Crippen molar-refractivity contribution >= 4 is 43.7 Å². The van der Waals surface area contributed by atoms with Crippen LogP contribution in [0.4, 0.5) is 0 Å². The molecule has 3 aromatic heterocycles. The molecule has 0 bridgehead atoms. The van der Waals surface area contributed by atoms with Gasteiger partial charge in [0.1, 0.15) is 17.3 Å². The predicted molar refractivity (Wildman–Crippen MR) is 145 cm³/mol. The first-order valence-corrected chi connectivity index (χ1v) is 12.0. The Morgan fingerprint density at radius 3 is 2.33 bits per heavy atom. The minimum Gasteiger partial charge on any atom is -0.507 e. The first-order chi connectivity index (χ1) is 17.3. The van der Waals surface area contributed by atoms with Crippen LogP contribution in [0.5, 0.6) is 5.75 Å². The number of benzene rings is 3. The number of phenols is 1. The summed E-state index contributed by atoms with van der Waals surface area (Å²) >= 11 is 0. The van der Waals surface area contributed by atoms with Gasteiger partial charge in [0.25, 0.3) is 0 Å². The van der Waals surface area contributed by atoms with Crippen molar-refractivity contribution in [3.8, 4) is 35.3 Å². The van der Waals surface area contributed by atoms with Gasteiger partial charge in [0.15, 0.2) is 5.69 Å². The number of hydrogen-bond acceptors (Lipinski definition) is 3. The lowest BCUT2D eigenvalue weighted by atomic mass is 10.0. The summed E-state index contributed by atoms with van der Waals surface area (Å²) in [5.41, 5.74) is 7.70. The highest BCUT2D eigenvalue weighted by Gasteiger charge is 2.22. The molecule has 3 aromatic carbocycles. The van der Waals surface area contributed by atoms with E-state index in [4.69, 9.17) is 6.42 Å². The van der Waals surface area contributed by atoms with Crippen molar-refractivity contribution in [2.24, 2.45) is 0 Å². The summed E-state index contributed by atoms with van der Waals surface area (Å²) in [4.78, 5) is 0. The van der Waals surface area contributed by atoms with Gasteiger partial charge in [-0.1, -0.05) is 30.2 Å². The average molecular weight is 472 g/mol. The average Bonchev–Trinajstić information content (AvgIpc) is 3.51. The van der Waals surface area contributed by atoms with Gasteiger partial charge in [-0.25, -0.2) is 0 Å². The standard InChI is InChI=1S/C30H25N5O/c1-6-18-8-7-9-22-27-25(35(17(4)5)29(18)22)13-20(14-26(27)36)19-10-11-21-24(12-19)34(16(2)3)30-23(15-31)32-33-28(21)30/h1,7-14,16-17,36H,2-5H3,(H,32,33). The summed E-state index contributed by atoms with van der Waals surface area (Å²) in [6, 6.07) is 18.6. The summed E-state index contributed by atoms with van der Waals surface area (Å²) < 4.78 is 4.37. The fraction of sp³-hybridized carbons (Fsp3) is 0.200. The monoisotopic (exact) mass is 471 g/mol. The summed E-state index contributed by atoms with van der Waals surface area (Å²) in [5.74, 6) is 3.04. The summed E-state index contributed by atoms with van der Waals surface area (Å²) in [6.07, 6.45) is 5.85. The van der Waals surface area contributed by atoms with E-state index in [1.807, 2.05) is 24.3 Å². The van der Waals surface area contributed by atoms with Crippen LogP contribution >= 0.6 is 0 Å². The Morgan fingerprint density at radius 1 is 0.917 bits per heavy atom.